The molecule has 0 aliphatic carbocycles. The topological polar surface area (TPSA) is 88.2 Å². The summed E-state index contributed by atoms with van der Waals surface area (Å²) in [4.78, 5) is 16.0. The van der Waals surface area contributed by atoms with Crippen LogP contribution in [-0.4, -0.2) is 35.2 Å². The van der Waals surface area contributed by atoms with Gasteiger partial charge in [-0.25, -0.2) is 4.98 Å². The highest BCUT2D eigenvalue weighted by Gasteiger charge is 2.15. The first-order valence-electron chi connectivity index (χ1n) is 6.19. The SMILES string of the molecule is CCC(C)C(O)CNC(=O)c1csc(CCN)n1. The summed E-state index contributed by atoms with van der Waals surface area (Å²) in [6, 6.07) is 0. The summed E-state index contributed by atoms with van der Waals surface area (Å²) >= 11 is 1.43. The molecule has 2 atom stereocenters. The van der Waals surface area contributed by atoms with Gasteiger partial charge in [0.05, 0.1) is 11.1 Å². The van der Waals surface area contributed by atoms with Crippen LogP contribution in [0.5, 0.6) is 0 Å². The van der Waals surface area contributed by atoms with Crippen molar-refractivity contribution in [1.29, 1.82) is 0 Å². The lowest BCUT2D eigenvalue weighted by Crippen LogP contribution is -2.35. The average Bonchev–Trinajstić information content (AvgIpc) is 2.83. The van der Waals surface area contributed by atoms with Gasteiger partial charge in [0.15, 0.2) is 0 Å². The minimum absolute atomic E-state index is 0.175. The highest BCUT2D eigenvalue weighted by Crippen LogP contribution is 2.10. The Morgan fingerprint density at radius 3 is 3.00 bits per heavy atom. The predicted molar refractivity (Wildman–Crippen MR) is 72.7 cm³/mol. The van der Waals surface area contributed by atoms with E-state index >= 15 is 0 Å². The van der Waals surface area contributed by atoms with Gasteiger partial charge in [0.1, 0.15) is 5.69 Å². The van der Waals surface area contributed by atoms with Crippen molar-refractivity contribution in [3.8, 4) is 0 Å². The van der Waals surface area contributed by atoms with Crippen LogP contribution in [0.15, 0.2) is 5.38 Å². The molecule has 0 spiro atoms. The summed E-state index contributed by atoms with van der Waals surface area (Å²) in [6.07, 6.45) is 1.06. The summed E-state index contributed by atoms with van der Waals surface area (Å²) in [6.45, 7) is 4.76. The van der Waals surface area contributed by atoms with Crippen LogP contribution in [0.1, 0.15) is 35.8 Å². The van der Waals surface area contributed by atoms with Crippen LogP contribution < -0.4 is 11.1 Å². The van der Waals surface area contributed by atoms with Crippen LogP contribution in [0.3, 0.4) is 0 Å². The Morgan fingerprint density at radius 2 is 2.39 bits per heavy atom. The molecular formula is C12H21N3O2S. The number of carbonyl (C=O) groups is 1. The van der Waals surface area contributed by atoms with Crippen LogP contribution in [0.4, 0.5) is 0 Å². The number of aliphatic hydroxyl groups excluding tert-OH is 1. The molecule has 18 heavy (non-hydrogen) atoms. The lowest BCUT2D eigenvalue weighted by Gasteiger charge is -2.17. The van der Waals surface area contributed by atoms with Gasteiger partial charge in [0.25, 0.3) is 5.91 Å². The first-order valence-corrected chi connectivity index (χ1v) is 7.07. The van der Waals surface area contributed by atoms with Crippen LogP contribution in [0.25, 0.3) is 0 Å². The van der Waals surface area contributed by atoms with Gasteiger partial charge < -0.3 is 16.2 Å². The van der Waals surface area contributed by atoms with Crippen LogP contribution in [0, 0.1) is 5.92 Å². The van der Waals surface area contributed by atoms with Gasteiger partial charge >= 0.3 is 0 Å². The van der Waals surface area contributed by atoms with Crippen molar-refractivity contribution >= 4 is 17.2 Å². The second-order valence-corrected chi connectivity index (χ2v) is 5.27. The highest BCUT2D eigenvalue weighted by atomic mass is 32.1. The minimum Gasteiger partial charge on any atom is -0.391 e. The second-order valence-electron chi connectivity index (χ2n) is 4.33. The molecule has 1 aromatic heterocycles. The summed E-state index contributed by atoms with van der Waals surface area (Å²) in [5.41, 5.74) is 5.83. The van der Waals surface area contributed by atoms with E-state index in [-0.39, 0.29) is 18.4 Å². The Balaban J connectivity index is 2.44. The maximum atomic E-state index is 11.8. The first-order chi connectivity index (χ1) is 8.58. The number of aliphatic hydroxyl groups is 1. The van der Waals surface area contributed by atoms with Gasteiger partial charge in [0.2, 0.25) is 0 Å². The Hall–Kier alpha value is -0.980. The number of aromatic nitrogens is 1. The van der Waals surface area contributed by atoms with Gasteiger partial charge in [0, 0.05) is 18.3 Å². The number of hydrogen-bond acceptors (Lipinski definition) is 5. The molecule has 0 fully saturated rings. The number of carbonyl (C=O) groups excluding carboxylic acids is 1. The van der Waals surface area contributed by atoms with Crippen molar-refractivity contribution < 1.29 is 9.90 Å². The largest absolute Gasteiger partial charge is 0.391 e. The molecular weight excluding hydrogens is 250 g/mol. The molecule has 0 aliphatic rings. The summed E-state index contributed by atoms with van der Waals surface area (Å²) in [5, 5.41) is 15.0. The normalized spacial score (nSPS) is 14.2. The van der Waals surface area contributed by atoms with Crippen molar-refractivity contribution in [1.82, 2.24) is 10.3 Å². The smallest absolute Gasteiger partial charge is 0.270 e. The number of thiazole rings is 1. The van der Waals surface area contributed by atoms with E-state index in [4.69, 9.17) is 5.73 Å². The molecule has 4 N–H and O–H groups in total. The van der Waals surface area contributed by atoms with E-state index in [1.807, 2.05) is 13.8 Å². The first kappa shape index (κ1) is 15.1. The second kappa shape index (κ2) is 7.45. The third-order valence-electron chi connectivity index (χ3n) is 2.92. The fourth-order valence-electron chi connectivity index (χ4n) is 1.41. The number of nitrogens with zero attached hydrogens (tertiary/aromatic N) is 1. The molecule has 0 saturated carbocycles. The van der Waals surface area contributed by atoms with Gasteiger partial charge in [-0.2, -0.15) is 0 Å². The molecule has 0 aliphatic heterocycles. The van der Waals surface area contributed by atoms with E-state index in [2.05, 4.69) is 10.3 Å². The molecule has 6 heteroatoms. The molecule has 1 amide bonds. The van der Waals surface area contributed by atoms with Crippen molar-refractivity contribution in [2.45, 2.75) is 32.8 Å². The number of nitrogens with two attached hydrogens (primary N) is 1. The van der Waals surface area contributed by atoms with Gasteiger partial charge in [-0.3, -0.25) is 4.79 Å². The monoisotopic (exact) mass is 271 g/mol. The zero-order valence-electron chi connectivity index (χ0n) is 10.8. The van der Waals surface area contributed by atoms with Crippen molar-refractivity contribution in [2.75, 3.05) is 13.1 Å². The third kappa shape index (κ3) is 4.36. The predicted octanol–water partition coefficient (Wildman–Crippen LogP) is 0.781. The maximum Gasteiger partial charge on any atom is 0.270 e. The number of rotatable bonds is 7. The lowest BCUT2D eigenvalue weighted by atomic mass is 10.0. The van der Waals surface area contributed by atoms with E-state index in [9.17, 15) is 9.90 Å². The molecule has 0 saturated heterocycles. The minimum atomic E-state index is -0.513. The fourth-order valence-corrected chi connectivity index (χ4v) is 2.21. The summed E-state index contributed by atoms with van der Waals surface area (Å²) in [5.74, 6) is -0.0644. The molecule has 1 rings (SSSR count). The zero-order valence-corrected chi connectivity index (χ0v) is 11.7. The number of nitrogens with one attached hydrogen (secondary N) is 1. The fraction of sp³-hybridized carbons (Fsp3) is 0.667. The molecule has 1 heterocycles. The van der Waals surface area contributed by atoms with Gasteiger partial charge in [-0.1, -0.05) is 20.3 Å². The molecule has 0 aromatic carbocycles. The van der Waals surface area contributed by atoms with Crippen molar-refractivity contribution in [3.63, 3.8) is 0 Å². The summed E-state index contributed by atoms with van der Waals surface area (Å²) in [7, 11) is 0. The molecule has 102 valence electrons. The Morgan fingerprint density at radius 1 is 1.67 bits per heavy atom. The van der Waals surface area contributed by atoms with E-state index < -0.39 is 6.10 Å². The lowest BCUT2D eigenvalue weighted by molar-refractivity contribution is 0.0846. The van der Waals surface area contributed by atoms with E-state index in [1.165, 1.54) is 11.3 Å². The third-order valence-corrected chi connectivity index (χ3v) is 3.82. The van der Waals surface area contributed by atoms with Crippen molar-refractivity contribution in [3.05, 3.63) is 16.1 Å². The van der Waals surface area contributed by atoms with Crippen LogP contribution in [-0.2, 0) is 6.42 Å². The summed E-state index contributed by atoms with van der Waals surface area (Å²) < 4.78 is 0. The molecule has 5 nitrogen and oxygen atoms in total. The Bertz CT molecular complexity index is 381. The van der Waals surface area contributed by atoms with E-state index in [0.29, 0.717) is 18.7 Å². The molecule has 0 bridgehead atoms. The van der Waals surface area contributed by atoms with Crippen molar-refractivity contribution in [2.24, 2.45) is 11.7 Å². The highest BCUT2D eigenvalue weighted by molar-refractivity contribution is 7.09. The zero-order chi connectivity index (χ0) is 13.5. The molecule has 2 unspecified atom stereocenters. The van der Waals surface area contributed by atoms with Crippen LogP contribution in [0.2, 0.25) is 0 Å². The van der Waals surface area contributed by atoms with Gasteiger partial charge in [-0.15, -0.1) is 11.3 Å². The average molecular weight is 271 g/mol. The van der Waals surface area contributed by atoms with E-state index in [1.54, 1.807) is 5.38 Å². The molecule has 1 aromatic rings. The standard InChI is InChI=1S/C12H21N3O2S/c1-3-8(2)10(16)6-14-12(17)9-7-18-11(15-9)4-5-13/h7-8,10,16H,3-6,13H2,1-2H3,(H,14,17). The number of amides is 1. The van der Waals surface area contributed by atoms with E-state index in [0.717, 1.165) is 11.4 Å². The molecule has 0 radical (unpaired) electrons. The van der Waals surface area contributed by atoms with Gasteiger partial charge in [-0.05, 0) is 12.5 Å². The quantitative estimate of drug-likeness (QED) is 0.684. The Labute approximate surface area is 111 Å². The Kier molecular flexibility index (Phi) is 6.24. The van der Waals surface area contributed by atoms with Crippen LogP contribution >= 0.6 is 11.3 Å². The number of hydrogen-bond donors (Lipinski definition) is 3. The maximum absolute atomic E-state index is 11.8.